The molecule has 2 aromatic heterocycles. The van der Waals surface area contributed by atoms with Crippen molar-refractivity contribution in [2.45, 2.75) is 83.0 Å². The molecule has 2 aromatic rings. The normalized spacial score (nSPS) is 25.9. The van der Waals surface area contributed by atoms with E-state index in [1.807, 2.05) is 33.0 Å². The second-order valence-electron chi connectivity index (χ2n) is 13.2. The second-order valence-corrected chi connectivity index (χ2v) is 13.2. The third-order valence-corrected chi connectivity index (χ3v) is 8.77. The molecule has 13 nitrogen and oxygen atoms in total. The number of carbonyl (C=O) groups is 2. The molecule has 3 saturated heterocycles. The number of hydrogen-bond donors (Lipinski definition) is 2. The Morgan fingerprint density at radius 3 is 2.50 bits per heavy atom. The predicted octanol–water partition coefficient (Wildman–Crippen LogP) is 1.12. The Hall–Kier alpha value is -3.32. The molecule has 0 spiro atoms. The number of likely N-dealkylation sites (tertiary alicyclic amines) is 1. The smallest absolute Gasteiger partial charge is 0.248 e. The van der Waals surface area contributed by atoms with Gasteiger partial charge < -0.3 is 29.9 Å². The molecule has 2 amide bonds. The topological polar surface area (TPSA) is 142 Å². The first-order valence-corrected chi connectivity index (χ1v) is 15.3. The highest BCUT2D eigenvalue weighted by Crippen LogP contribution is 2.40. The summed E-state index contributed by atoms with van der Waals surface area (Å²) in [7, 11) is 0. The number of carbonyl (C=O) groups excluding carboxylic acids is 2. The molecule has 5 heterocycles. The lowest BCUT2D eigenvalue weighted by atomic mass is 9.85. The molecule has 1 aliphatic carbocycles. The maximum Gasteiger partial charge on any atom is 0.248 e. The number of β-amino-alcohol motifs (C(OH)–C–C–N with tert-alkyl or cyclic N) is 1. The Morgan fingerprint density at radius 2 is 1.79 bits per heavy atom. The van der Waals surface area contributed by atoms with E-state index in [1.165, 1.54) is 0 Å². The van der Waals surface area contributed by atoms with Crippen molar-refractivity contribution in [3.05, 3.63) is 24.3 Å². The molecule has 2 N–H and O–H groups in total. The van der Waals surface area contributed by atoms with Crippen LogP contribution in [-0.2, 0) is 14.3 Å². The van der Waals surface area contributed by atoms with Crippen molar-refractivity contribution in [2.24, 2.45) is 5.41 Å². The average molecular weight is 582 g/mol. The van der Waals surface area contributed by atoms with Crippen LogP contribution in [0.2, 0.25) is 0 Å². The molecule has 0 bridgehead atoms. The summed E-state index contributed by atoms with van der Waals surface area (Å²) in [4.78, 5) is 42.7. The molecule has 1 unspecified atom stereocenters. The maximum atomic E-state index is 14.1. The van der Waals surface area contributed by atoms with Crippen LogP contribution in [0.4, 0.5) is 11.6 Å². The van der Waals surface area contributed by atoms with Crippen LogP contribution < -0.4 is 15.1 Å². The van der Waals surface area contributed by atoms with Gasteiger partial charge in [-0.3, -0.25) is 9.59 Å². The molecule has 3 aliphatic heterocycles. The number of hydrogen-bond acceptors (Lipinski definition) is 10. The van der Waals surface area contributed by atoms with Crippen molar-refractivity contribution in [3.63, 3.8) is 0 Å². The molecule has 4 fully saturated rings. The first-order valence-electron chi connectivity index (χ1n) is 15.3. The van der Waals surface area contributed by atoms with Crippen LogP contribution >= 0.6 is 0 Å². The van der Waals surface area contributed by atoms with Crippen molar-refractivity contribution < 1.29 is 19.4 Å². The van der Waals surface area contributed by atoms with Crippen molar-refractivity contribution in [1.29, 1.82) is 0 Å². The van der Waals surface area contributed by atoms with E-state index in [4.69, 9.17) is 4.74 Å². The number of morpholine rings is 1. The monoisotopic (exact) mass is 581 g/mol. The number of nitrogens with zero attached hydrogens (tertiary/aromatic N) is 8. The summed E-state index contributed by atoms with van der Waals surface area (Å²) in [6.07, 6.45) is 6.85. The van der Waals surface area contributed by atoms with Gasteiger partial charge in [0, 0.05) is 63.4 Å². The van der Waals surface area contributed by atoms with Crippen LogP contribution in [0.1, 0.15) is 70.5 Å². The minimum Gasteiger partial charge on any atom is -0.391 e. The fourth-order valence-electron chi connectivity index (χ4n) is 6.40. The van der Waals surface area contributed by atoms with E-state index in [0.29, 0.717) is 25.7 Å². The third-order valence-electron chi connectivity index (χ3n) is 8.77. The molecule has 6 rings (SSSR count). The van der Waals surface area contributed by atoms with Crippen molar-refractivity contribution >= 4 is 23.5 Å². The first kappa shape index (κ1) is 28.8. The molecule has 42 heavy (non-hydrogen) atoms. The van der Waals surface area contributed by atoms with Crippen molar-refractivity contribution in [3.8, 4) is 0 Å². The molecular weight excluding hydrogens is 538 g/mol. The highest BCUT2D eigenvalue weighted by atomic mass is 16.5. The fourth-order valence-corrected chi connectivity index (χ4v) is 6.40. The first-order chi connectivity index (χ1) is 20.2. The van der Waals surface area contributed by atoms with Gasteiger partial charge in [-0.15, -0.1) is 5.10 Å². The molecule has 1 saturated carbocycles. The number of aliphatic hydroxyl groups excluding tert-OH is 1. The van der Waals surface area contributed by atoms with Crippen molar-refractivity contribution in [2.75, 3.05) is 55.7 Å². The minimum absolute atomic E-state index is 0.0995. The van der Waals surface area contributed by atoms with E-state index >= 15 is 0 Å². The lowest BCUT2D eigenvalue weighted by Gasteiger charge is -2.37. The maximum absolute atomic E-state index is 14.1. The van der Waals surface area contributed by atoms with Crippen LogP contribution in [0.25, 0.3) is 0 Å². The lowest BCUT2D eigenvalue weighted by molar-refractivity contribution is -0.144. The van der Waals surface area contributed by atoms with Crippen LogP contribution in [0.15, 0.2) is 18.6 Å². The molecule has 4 atom stereocenters. The molecule has 0 radical (unpaired) electrons. The number of nitrogens with one attached hydrogen (secondary N) is 1. The zero-order chi connectivity index (χ0) is 29.4. The number of piperidine rings is 1. The van der Waals surface area contributed by atoms with Gasteiger partial charge in [-0.25, -0.2) is 14.6 Å². The minimum atomic E-state index is -0.759. The van der Waals surface area contributed by atoms with E-state index in [-0.39, 0.29) is 30.8 Å². The van der Waals surface area contributed by atoms with Gasteiger partial charge >= 0.3 is 0 Å². The summed E-state index contributed by atoms with van der Waals surface area (Å²) < 4.78 is 7.12. The van der Waals surface area contributed by atoms with E-state index in [2.05, 4.69) is 35.4 Å². The highest BCUT2D eigenvalue weighted by Gasteiger charge is 2.46. The Kier molecular flexibility index (Phi) is 8.05. The van der Waals surface area contributed by atoms with E-state index < -0.39 is 23.6 Å². The van der Waals surface area contributed by atoms with Crippen LogP contribution in [0, 0.1) is 5.41 Å². The van der Waals surface area contributed by atoms with Gasteiger partial charge in [0.1, 0.15) is 30.0 Å². The standard InChI is InChI=1S/C29H43N9O4/c1-29(2,3)26(38-17-22(33-34-38)19-6-7-19)28(41)37-16-21(39)13-23(37)27(40)32-20-5-4-8-36(15-20)25-14-24(30-18-31-25)35-9-11-42-12-10-35/h14,17-21,23,26,39H,4-13,15-16H2,1-3H3,(H,32,40)/t20?,21-,23+,26-/m1/s1. The molecule has 4 aliphatic rings. The van der Waals surface area contributed by atoms with E-state index in [1.54, 1.807) is 15.9 Å². The molecule has 0 aromatic carbocycles. The summed E-state index contributed by atoms with van der Waals surface area (Å²) in [5.74, 6) is 1.70. The molecular formula is C29H43N9O4. The SMILES string of the molecule is CC(C)(C)[C@@H](C(=O)N1C[C@H](O)C[C@H]1C(=O)NC1CCCN(c2cc(N3CCOCC3)ncn2)C1)n1cc(C2CC2)nn1. The van der Waals surface area contributed by atoms with Gasteiger partial charge in [-0.1, -0.05) is 26.0 Å². The average Bonchev–Trinajstić information content (AvgIpc) is 3.59. The van der Waals surface area contributed by atoms with Gasteiger partial charge in [0.05, 0.1) is 25.0 Å². The second kappa shape index (κ2) is 11.8. The Balaban J connectivity index is 1.13. The zero-order valence-electron chi connectivity index (χ0n) is 24.9. The zero-order valence-corrected chi connectivity index (χ0v) is 24.9. The van der Waals surface area contributed by atoms with Gasteiger partial charge in [0.2, 0.25) is 11.8 Å². The Labute approximate surface area is 246 Å². The largest absolute Gasteiger partial charge is 0.391 e. The number of ether oxygens (including phenoxy) is 1. The van der Waals surface area contributed by atoms with Crippen LogP contribution in [0.3, 0.4) is 0 Å². The fraction of sp³-hybridized carbons (Fsp3) is 0.724. The molecule has 13 heteroatoms. The van der Waals surface area contributed by atoms with E-state index in [0.717, 1.165) is 62.6 Å². The van der Waals surface area contributed by atoms with Gasteiger partial charge in [0.15, 0.2) is 0 Å². The van der Waals surface area contributed by atoms with Gasteiger partial charge in [0.25, 0.3) is 0 Å². The molecule has 228 valence electrons. The number of aromatic nitrogens is 5. The highest BCUT2D eigenvalue weighted by molar-refractivity contribution is 5.90. The number of anilines is 2. The Bertz CT molecular complexity index is 1270. The lowest BCUT2D eigenvalue weighted by Crippen LogP contribution is -2.55. The Morgan fingerprint density at radius 1 is 1.05 bits per heavy atom. The summed E-state index contributed by atoms with van der Waals surface area (Å²) in [5, 5.41) is 22.4. The van der Waals surface area contributed by atoms with Gasteiger partial charge in [-0.2, -0.15) is 0 Å². The van der Waals surface area contributed by atoms with E-state index in [9.17, 15) is 14.7 Å². The van der Waals surface area contributed by atoms with Gasteiger partial charge in [-0.05, 0) is 31.1 Å². The number of amides is 2. The number of rotatable bonds is 7. The summed E-state index contributed by atoms with van der Waals surface area (Å²) >= 11 is 0. The van der Waals surface area contributed by atoms with Crippen LogP contribution in [0.5, 0.6) is 0 Å². The van der Waals surface area contributed by atoms with Crippen molar-refractivity contribution in [1.82, 2.24) is 35.2 Å². The summed E-state index contributed by atoms with van der Waals surface area (Å²) in [5.41, 5.74) is 0.442. The number of aliphatic hydroxyl groups is 1. The summed E-state index contributed by atoms with van der Waals surface area (Å²) in [6.45, 7) is 10.5. The predicted molar refractivity (Wildman–Crippen MR) is 155 cm³/mol. The van der Waals surface area contributed by atoms with Crippen LogP contribution in [-0.4, -0.2) is 111 Å². The third kappa shape index (κ3) is 6.22. The quantitative estimate of drug-likeness (QED) is 0.488. The summed E-state index contributed by atoms with van der Waals surface area (Å²) in [6, 6.07) is 0.527.